The Balaban J connectivity index is 1.79. The van der Waals surface area contributed by atoms with Gasteiger partial charge >= 0.3 is 0 Å². The lowest BCUT2D eigenvalue weighted by Gasteiger charge is -2.14. The van der Waals surface area contributed by atoms with Crippen LogP contribution in [0, 0.1) is 6.92 Å². The van der Waals surface area contributed by atoms with Crippen LogP contribution in [0.25, 0.3) is 10.9 Å². The number of carbonyl (C=O) groups is 1. The molecule has 0 fully saturated rings. The highest BCUT2D eigenvalue weighted by atomic mass is 32.2. The van der Waals surface area contributed by atoms with Gasteiger partial charge in [-0.1, -0.05) is 36.0 Å². The summed E-state index contributed by atoms with van der Waals surface area (Å²) >= 11 is 1.30. The minimum Gasteiger partial charge on any atom is -0.340 e. The van der Waals surface area contributed by atoms with Gasteiger partial charge in [0, 0.05) is 18.7 Å². The zero-order valence-corrected chi connectivity index (χ0v) is 17.9. The van der Waals surface area contributed by atoms with Crippen LogP contribution in [0.5, 0.6) is 0 Å². The summed E-state index contributed by atoms with van der Waals surface area (Å²) in [4.78, 5) is 31.4. The van der Waals surface area contributed by atoms with Gasteiger partial charge in [-0.15, -0.1) is 0 Å². The Kier molecular flexibility index (Phi) is 7.06. The highest BCUT2D eigenvalue weighted by molar-refractivity contribution is 7.99. The maximum atomic E-state index is 13.0. The van der Waals surface area contributed by atoms with Crippen LogP contribution in [0.4, 0.5) is 5.69 Å². The number of nitrogens with zero attached hydrogens (tertiary/aromatic N) is 2. The number of aryl methyl sites for hydroxylation is 1. The number of hydrogen-bond acceptors (Lipinski definition) is 4. The lowest BCUT2D eigenvalue weighted by atomic mass is 10.2. The molecule has 152 valence electrons. The number of quaternary nitrogens is 1. The van der Waals surface area contributed by atoms with E-state index in [0.717, 1.165) is 24.2 Å². The molecule has 0 saturated heterocycles. The molecule has 2 N–H and O–H groups in total. The van der Waals surface area contributed by atoms with Crippen molar-refractivity contribution in [3.8, 4) is 0 Å². The first-order valence-electron chi connectivity index (χ1n) is 9.72. The van der Waals surface area contributed by atoms with E-state index in [0.29, 0.717) is 22.6 Å². The maximum Gasteiger partial charge on any atom is 0.262 e. The predicted octanol–water partition coefficient (Wildman–Crippen LogP) is 1.97. The summed E-state index contributed by atoms with van der Waals surface area (Å²) in [5, 5.41) is 4.10. The Hall–Kier alpha value is -2.64. The third kappa shape index (κ3) is 5.68. The van der Waals surface area contributed by atoms with E-state index in [2.05, 4.69) is 24.4 Å². The van der Waals surface area contributed by atoms with Gasteiger partial charge in [0.1, 0.15) is 0 Å². The first kappa shape index (κ1) is 21.1. The molecular weight excluding hydrogens is 384 g/mol. The Bertz CT molecular complexity index is 1060. The summed E-state index contributed by atoms with van der Waals surface area (Å²) in [6.45, 7) is 3.53. The van der Waals surface area contributed by atoms with E-state index in [4.69, 9.17) is 0 Å². The van der Waals surface area contributed by atoms with Crippen molar-refractivity contribution in [1.29, 1.82) is 0 Å². The second-order valence-electron chi connectivity index (χ2n) is 7.39. The fourth-order valence-corrected chi connectivity index (χ4v) is 3.92. The summed E-state index contributed by atoms with van der Waals surface area (Å²) in [6.07, 6.45) is 0.866. The number of para-hydroxylation sites is 1. The van der Waals surface area contributed by atoms with Crippen molar-refractivity contribution in [2.75, 3.05) is 31.7 Å². The summed E-state index contributed by atoms with van der Waals surface area (Å²) in [5.41, 5.74) is 2.47. The van der Waals surface area contributed by atoms with E-state index in [1.165, 1.54) is 16.7 Å². The van der Waals surface area contributed by atoms with Crippen LogP contribution in [0.1, 0.15) is 12.0 Å². The zero-order valence-electron chi connectivity index (χ0n) is 17.1. The normalized spacial score (nSPS) is 11.2. The number of thioether (sulfide) groups is 1. The molecule has 6 nitrogen and oxygen atoms in total. The molecule has 1 aromatic heterocycles. The largest absolute Gasteiger partial charge is 0.340 e. The van der Waals surface area contributed by atoms with Crippen molar-refractivity contribution < 1.29 is 9.69 Å². The monoisotopic (exact) mass is 411 g/mol. The fourth-order valence-electron chi connectivity index (χ4n) is 3.10. The average molecular weight is 412 g/mol. The first-order valence-corrected chi connectivity index (χ1v) is 10.7. The Morgan fingerprint density at radius 2 is 1.97 bits per heavy atom. The number of hydrogen-bond donors (Lipinski definition) is 2. The number of benzene rings is 2. The molecule has 29 heavy (non-hydrogen) atoms. The molecule has 0 aliphatic carbocycles. The van der Waals surface area contributed by atoms with Crippen LogP contribution in [-0.4, -0.2) is 41.9 Å². The van der Waals surface area contributed by atoms with Gasteiger partial charge in [0.05, 0.1) is 37.3 Å². The number of carbonyl (C=O) groups excluding carboxylic acids is 1. The number of anilines is 1. The van der Waals surface area contributed by atoms with Gasteiger partial charge < -0.3 is 10.2 Å². The fraction of sp³-hybridized carbons (Fsp3) is 0.318. The molecule has 0 aliphatic rings. The van der Waals surface area contributed by atoms with Crippen molar-refractivity contribution in [3.05, 3.63) is 64.4 Å². The molecule has 0 aliphatic heterocycles. The molecular formula is C22H27N4O2S+. The predicted molar refractivity (Wildman–Crippen MR) is 119 cm³/mol. The van der Waals surface area contributed by atoms with E-state index in [1.807, 2.05) is 49.4 Å². The smallest absolute Gasteiger partial charge is 0.262 e. The quantitative estimate of drug-likeness (QED) is 0.439. The van der Waals surface area contributed by atoms with E-state index in [1.54, 1.807) is 10.6 Å². The zero-order chi connectivity index (χ0) is 20.8. The molecule has 1 amide bonds. The lowest BCUT2D eigenvalue weighted by Crippen LogP contribution is -3.05. The molecule has 2 aromatic carbocycles. The SMILES string of the molecule is Cc1cccc(NC(=O)CSc2nc3ccccc3c(=O)n2CCC[NH+](C)C)c1. The maximum absolute atomic E-state index is 13.0. The van der Waals surface area contributed by atoms with E-state index >= 15 is 0 Å². The summed E-state index contributed by atoms with van der Waals surface area (Å²) < 4.78 is 1.70. The summed E-state index contributed by atoms with van der Waals surface area (Å²) in [6, 6.07) is 15.0. The van der Waals surface area contributed by atoms with Gasteiger partial charge in [-0.05, 0) is 36.8 Å². The summed E-state index contributed by atoms with van der Waals surface area (Å²) in [7, 11) is 4.18. The Labute approximate surface area is 174 Å². The van der Waals surface area contributed by atoms with Crippen LogP contribution in [0.15, 0.2) is 58.5 Å². The van der Waals surface area contributed by atoms with Crippen molar-refractivity contribution in [1.82, 2.24) is 9.55 Å². The van der Waals surface area contributed by atoms with E-state index in [-0.39, 0.29) is 17.2 Å². The van der Waals surface area contributed by atoms with Crippen molar-refractivity contribution in [2.45, 2.75) is 25.0 Å². The van der Waals surface area contributed by atoms with Crippen LogP contribution in [0.3, 0.4) is 0 Å². The Morgan fingerprint density at radius 3 is 2.72 bits per heavy atom. The van der Waals surface area contributed by atoms with Crippen LogP contribution in [0.2, 0.25) is 0 Å². The van der Waals surface area contributed by atoms with Gasteiger partial charge in [0.15, 0.2) is 5.16 Å². The molecule has 0 unspecified atom stereocenters. The molecule has 0 bridgehead atoms. The van der Waals surface area contributed by atoms with Crippen molar-refractivity contribution >= 4 is 34.3 Å². The summed E-state index contributed by atoms with van der Waals surface area (Å²) in [5.74, 6) is 0.0739. The molecule has 1 heterocycles. The minimum atomic E-state index is -0.118. The van der Waals surface area contributed by atoms with Gasteiger partial charge in [-0.3, -0.25) is 14.2 Å². The first-order chi connectivity index (χ1) is 13.9. The Morgan fingerprint density at radius 1 is 1.17 bits per heavy atom. The molecule has 0 radical (unpaired) electrons. The number of aromatic nitrogens is 2. The van der Waals surface area contributed by atoms with Gasteiger partial charge in [0.25, 0.3) is 5.56 Å². The molecule has 3 aromatic rings. The van der Waals surface area contributed by atoms with Crippen LogP contribution < -0.4 is 15.8 Å². The van der Waals surface area contributed by atoms with E-state index in [9.17, 15) is 9.59 Å². The molecule has 0 spiro atoms. The van der Waals surface area contributed by atoms with Gasteiger partial charge in [0.2, 0.25) is 5.91 Å². The molecule has 0 saturated carbocycles. The number of rotatable bonds is 8. The molecule has 3 rings (SSSR count). The van der Waals surface area contributed by atoms with Gasteiger partial charge in [-0.25, -0.2) is 4.98 Å². The topological polar surface area (TPSA) is 68.4 Å². The van der Waals surface area contributed by atoms with Crippen molar-refractivity contribution in [3.63, 3.8) is 0 Å². The third-order valence-corrected chi connectivity index (χ3v) is 5.50. The highest BCUT2D eigenvalue weighted by Crippen LogP contribution is 2.19. The van der Waals surface area contributed by atoms with Gasteiger partial charge in [-0.2, -0.15) is 0 Å². The van der Waals surface area contributed by atoms with E-state index < -0.39 is 0 Å². The minimum absolute atomic E-state index is 0.0500. The number of amides is 1. The second kappa shape index (κ2) is 9.71. The number of nitrogens with one attached hydrogen (secondary N) is 2. The second-order valence-corrected chi connectivity index (χ2v) is 8.33. The average Bonchev–Trinajstić information content (AvgIpc) is 2.68. The van der Waals surface area contributed by atoms with Crippen molar-refractivity contribution in [2.24, 2.45) is 0 Å². The highest BCUT2D eigenvalue weighted by Gasteiger charge is 2.13. The van der Waals surface area contributed by atoms with Crippen LogP contribution >= 0.6 is 11.8 Å². The standard InChI is InChI=1S/C22H26N4O2S/c1-16-8-6-9-17(14-16)23-20(27)15-29-22-24-19-11-5-4-10-18(19)21(28)26(22)13-7-12-25(2)3/h4-6,8-11,14H,7,12-13,15H2,1-3H3,(H,23,27)/p+1. The molecule has 0 atom stereocenters. The van der Waals surface area contributed by atoms with Crippen LogP contribution in [-0.2, 0) is 11.3 Å². The molecule has 7 heteroatoms. The number of fused-ring (bicyclic) bond motifs is 1. The third-order valence-electron chi connectivity index (χ3n) is 4.52. The lowest BCUT2D eigenvalue weighted by molar-refractivity contribution is -0.858.